The number of nitrogens with two attached hydrogens (primary N) is 1. The molecule has 0 atom stereocenters. The minimum absolute atomic E-state index is 0.623. The molecule has 1 heterocycles. The molecule has 3 rings (SSSR count). The van der Waals surface area contributed by atoms with E-state index in [1.165, 1.54) is 49.8 Å². The number of methoxy groups -OCH3 is 2. The van der Waals surface area contributed by atoms with Gasteiger partial charge in [-0.25, -0.2) is 4.98 Å². The molecule has 0 spiro atoms. The molecule has 0 unspecified atom stereocenters. The fraction of sp³-hybridized carbons (Fsp3) is 0.571. The first-order valence-electron chi connectivity index (χ1n) is 9.60. The zero-order valence-corrected chi connectivity index (χ0v) is 17.0. The number of aromatic nitrogens is 1. The fourth-order valence-electron chi connectivity index (χ4n) is 3.97. The quantitative estimate of drug-likeness (QED) is 0.667. The average molecular weight is 375 g/mol. The summed E-state index contributed by atoms with van der Waals surface area (Å²) in [5, 5.41) is 0.623. The average Bonchev–Trinajstić information content (AvgIpc) is 2.84. The van der Waals surface area contributed by atoms with Gasteiger partial charge < -0.3 is 15.2 Å². The Bertz CT molecular complexity index is 734. The number of thiazole rings is 1. The molecule has 142 valence electrons. The lowest BCUT2D eigenvalue weighted by atomic mass is 9.94. The summed E-state index contributed by atoms with van der Waals surface area (Å²) in [6.45, 7) is 2.02. The first kappa shape index (κ1) is 19.0. The molecule has 1 saturated carbocycles. The zero-order valence-electron chi connectivity index (χ0n) is 16.1. The number of nitrogen functional groups attached to an aromatic ring is 1. The monoisotopic (exact) mass is 374 g/mol. The normalized spacial score (nSPS) is 15.7. The summed E-state index contributed by atoms with van der Waals surface area (Å²) < 4.78 is 11.1. The van der Waals surface area contributed by atoms with Crippen LogP contribution in [0.25, 0.3) is 11.3 Å². The molecule has 0 bridgehead atoms. The van der Waals surface area contributed by atoms with E-state index in [4.69, 9.17) is 15.2 Å². The predicted octanol–water partition coefficient (Wildman–Crippen LogP) is 5.62. The Morgan fingerprint density at radius 2 is 1.77 bits per heavy atom. The highest BCUT2D eigenvalue weighted by Gasteiger charge is 2.20. The van der Waals surface area contributed by atoms with Crippen molar-refractivity contribution in [2.75, 3.05) is 20.0 Å². The molecule has 1 aromatic carbocycles. The van der Waals surface area contributed by atoms with Gasteiger partial charge in [0, 0.05) is 10.4 Å². The van der Waals surface area contributed by atoms with Crippen LogP contribution in [0, 0.1) is 12.8 Å². The van der Waals surface area contributed by atoms with Crippen molar-refractivity contribution in [3.63, 3.8) is 0 Å². The van der Waals surface area contributed by atoms with E-state index in [0.717, 1.165) is 40.7 Å². The van der Waals surface area contributed by atoms with Crippen LogP contribution in [0.1, 0.15) is 55.4 Å². The molecule has 2 N–H and O–H groups in total. The van der Waals surface area contributed by atoms with E-state index < -0.39 is 0 Å². The molecule has 1 aliphatic carbocycles. The van der Waals surface area contributed by atoms with Gasteiger partial charge in [-0.05, 0) is 43.4 Å². The van der Waals surface area contributed by atoms with Gasteiger partial charge in [-0.2, -0.15) is 0 Å². The maximum atomic E-state index is 6.08. The number of ether oxygens (including phenoxy) is 2. The Labute approximate surface area is 160 Å². The van der Waals surface area contributed by atoms with E-state index in [-0.39, 0.29) is 0 Å². The first-order valence-corrected chi connectivity index (χ1v) is 10.4. The van der Waals surface area contributed by atoms with E-state index in [0.29, 0.717) is 5.13 Å². The summed E-state index contributed by atoms with van der Waals surface area (Å²) in [5.41, 5.74) is 9.06. The Hall–Kier alpha value is -1.75. The standard InChI is InChI=1S/C21H30N2O2S/c1-14-12-18(25-3)16(13-17(14)24-2)20-19(26-21(22)23-20)11-10-15-8-6-4-5-7-9-15/h12-13,15H,4-11H2,1-3H3,(H2,22,23). The van der Waals surface area contributed by atoms with Crippen molar-refractivity contribution in [1.82, 2.24) is 4.98 Å². The van der Waals surface area contributed by atoms with E-state index >= 15 is 0 Å². The van der Waals surface area contributed by atoms with Crippen molar-refractivity contribution in [2.45, 2.75) is 58.3 Å². The molecule has 0 aliphatic heterocycles. The molecule has 0 radical (unpaired) electrons. The van der Waals surface area contributed by atoms with Crippen LogP contribution in [0.2, 0.25) is 0 Å². The lowest BCUT2D eigenvalue weighted by Crippen LogP contribution is -2.01. The first-order chi connectivity index (χ1) is 12.6. The molecule has 1 fully saturated rings. The molecular formula is C21H30N2O2S. The smallest absolute Gasteiger partial charge is 0.180 e. The largest absolute Gasteiger partial charge is 0.496 e. The lowest BCUT2D eigenvalue weighted by Gasteiger charge is -2.15. The van der Waals surface area contributed by atoms with Crippen LogP contribution in [0.4, 0.5) is 5.13 Å². The van der Waals surface area contributed by atoms with Crippen molar-refractivity contribution in [2.24, 2.45) is 5.92 Å². The Morgan fingerprint density at radius 1 is 1.08 bits per heavy atom. The van der Waals surface area contributed by atoms with Crippen molar-refractivity contribution in [3.05, 3.63) is 22.6 Å². The lowest BCUT2D eigenvalue weighted by molar-refractivity contribution is 0.401. The van der Waals surface area contributed by atoms with E-state index in [1.807, 2.05) is 19.1 Å². The van der Waals surface area contributed by atoms with Crippen LogP contribution >= 0.6 is 11.3 Å². The summed E-state index contributed by atoms with van der Waals surface area (Å²) in [6, 6.07) is 4.04. The molecule has 1 aromatic heterocycles. The van der Waals surface area contributed by atoms with E-state index in [9.17, 15) is 0 Å². The fourth-order valence-corrected chi connectivity index (χ4v) is 4.83. The number of benzene rings is 1. The van der Waals surface area contributed by atoms with Gasteiger partial charge in [0.2, 0.25) is 0 Å². The highest BCUT2D eigenvalue weighted by Crippen LogP contribution is 2.40. The van der Waals surface area contributed by atoms with Crippen LogP contribution < -0.4 is 15.2 Å². The van der Waals surface area contributed by atoms with Crippen molar-refractivity contribution >= 4 is 16.5 Å². The molecular weight excluding hydrogens is 344 g/mol. The zero-order chi connectivity index (χ0) is 18.5. The molecule has 1 aliphatic rings. The minimum Gasteiger partial charge on any atom is -0.496 e. The number of aryl methyl sites for hydroxylation is 2. The molecule has 5 heteroatoms. The van der Waals surface area contributed by atoms with Crippen LogP contribution in [0.15, 0.2) is 12.1 Å². The molecule has 26 heavy (non-hydrogen) atoms. The van der Waals surface area contributed by atoms with E-state index in [1.54, 1.807) is 25.6 Å². The van der Waals surface area contributed by atoms with Gasteiger partial charge in [0.15, 0.2) is 5.13 Å². The van der Waals surface area contributed by atoms with Crippen molar-refractivity contribution in [1.29, 1.82) is 0 Å². The molecule has 0 amide bonds. The van der Waals surface area contributed by atoms with Gasteiger partial charge >= 0.3 is 0 Å². The van der Waals surface area contributed by atoms with Gasteiger partial charge in [0.1, 0.15) is 11.5 Å². The Morgan fingerprint density at radius 3 is 2.42 bits per heavy atom. The van der Waals surface area contributed by atoms with Gasteiger partial charge in [-0.15, -0.1) is 11.3 Å². The highest BCUT2D eigenvalue weighted by atomic mass is 32.1. The summed E-state index contributed by atoms with van der Waals surface area (Å²) >= 11 is 1.61. The van der Waals surface area contributed by atoms with E-state index in [2.05, 4.69) is 4.98 Å². The number of anilines is 1. The summed E-state index contributed by atoms with van der Waals surface area (Å²) in [4.78, 5) is 5.90. The van der Waals surface area contributed by atoms with Gasteiger partial charge in [-0.3, -0.25) is 0 Å². The topological polar surface area (TPSA) is 57.4 Å². The third-order valence-corrected chi connectivity index (χ3v) is 6.38. The molecule has 2 aromatic rings. The number of hydrogen-bond acceptors (Lipinski definition) is 5. The van der Waals surface area contributed by atoms with Crippen molar-refractivity contribution in [3.8, 4) is 22.8 Å². The third-order valence-electron chi connectivity index (χ3n) is 5.44. The number of nitrogens with zero attached hydrogens (tertiary/aromatic N) is 1. The third kappa shape index (κ3) is 4.32. The second kappa shape index (κ2) is 8.76. The summed E-state index contributed by atoms with van der Waals surface area (Å²) in [6.07, 6.45) is 10.5. The van der Waals surface area contributed by atoms with Crippen LogP contribution in [-0.2, 0) is 6.42 Å². The number of rotatable bonds is 6. The summed E-state index contributed by atoms with van der Waals surface area (Å²) in [5.74, 6) is 2.51. The molecule has 0 saturated heterocycles. The second-order valence-corrected chi connectivity index (χ2v) is 8.36. The number of hydrogen-bond donors (Lipinski definition) is 1. The SMILES string of the molecule is COc1cc(-c2nc(N)sc2CCC2CCCCCC2)c(OC)cc1C. The van der Waals surface area contributed by atoms with Crippen LogP contribution in [-0.4, -0.2) is 19.2 Å². The van der Waals surface area contributed by atoms with Gasteiger partial charge in [0.05, 0.1) is 19.9 Å². The highest BCUT2D eigenvalue weighted by molar-refractivity contribution is 7.15. The second-order valence-electron chi connectivity index (χ2n) is 7.24. The predicted molar refractivity (Wildman–Crippen MR) is 109 cm³/mol. The maximum Gasteiger partial charge on any atom is 0.180 e. The van der Waals surface area contributed by atoms with Crippen LogP contribution in [0.5, 0.6) is 11.5 Å². The molecule has 4 nitrogen and oxygen atoms in total. The van der Waals surface area contributed by atoms with Crippen LogP contribution in [0.3, 0.4) is 0 Å². The maximum absolute atomic E-state index is 6.08. The van der Waals surface area contributed by atoms with Gasteiger partial charge in [0.25, 0.3) is 0 Å². The van der Waals surface area contributed by atoms with Crippen molar-refractivity contribution < 1.29 is 9.47 Å². The minimum atomic E-state index is 0.623. The summed E-state index contributed by atoms with van der Waals surface area (Å²) in [7, 11) is 3.40. The Balaban J connectivity index is 1.87. The van der Waals surface area contributed by atoms with Gasteiger partial charge in [-0.1, -0.05) is 38.5 Å². The Kier molecular flexibility index (Phi) is 6.41.